The number of hydrogen-bond donors (Lipinski definition) is 1. The molecule has 0 saturated heterocycles. The molecule has 8 heteroatoms. The third kappa shape index (κ3) is 3.46. The van der Waals surface area contributed by atoms with E-state index < -0.39 is 22.9 Å². The van der Waals surface area contributed by atoms with Crippen LogP contribution in [0, 0.1) is 17.0 Å². The zero-order chi connectivity index (χ0) is 18.1. The first-order chi connectivity index (χ1) is 11.8. The summed E-state index contributed by atoms with van der Waals surface area (Å²) in [7, 11) is 0. The highest BCUT2D eigenvalue weighted by atomic mass is 35.5. The fourth-order valence-electron chi connectivity index (χ4n) is 2.62. The van der Waals surface area contributed by atoms with E-state index in [1.54, 1.807) is 31.2 Å². The summed E-state index contributed by atoms with van der Waals surface area (Å²) in [6.45, 7) is 1.71. The standard InChI is InChI=1S/C17H13ClN2O5/c1-9-2-5-13(14(6-9)20(23)24)19-16(21)15-8-10-7-11(18)3-4-12(10)17(22)25-15/h2-7,15H,8H2,1H3,(H,19,21). The van der Waals surface area contributed by atoms with Gasteiger partial charge in [0, 0.05) is 17.5 Å². The van der Waals surface area contributed by atoms with Crippen LogP contribution >= 0.6 is 11.6 Å². The predicted molar refractivity (Wildman–Crippen MR) is 90.8 cm³/mol. The molecule has 0 aliphatic carbocycles. The molecule has 2 aromatic carbocycles. The smallest absolute Gasteiger partial charge is 0.339 e. The zero-order valence-corrected chi connectivity index (χ0v) is 13.9. The minimum atomic E-state index is -1.08. The van der Waals surface area contributed by atoms with Crippen LogP contribution in [-0.4, -0.2) is 22.9 Å². The molecule has 2 aromatic rings. The summed E-state index contributed by atoms with van der Waals surface area (Å²) in [6, 6.07) is 9.16. The van der Waals surface area contributed by atoms with E-state index in [2.05, 4.69) is 5.32 Å². The number of fused-ring (bicyclic) bond motifs is 1. The molecule has 0 spiro atoms. The number of amides is 1. The van der Waals surface area contributed by atoms with Crippen molar-refractivity contribution in [2.75, 3.05) is 5.32 Å². The lowest BCUT2D eigenvalue weighted by atomic mass is 9.98. The number of hydrogen-bond acceptors (Lipinski definition) is 5. The average molecular weight is 361 g/mol. The van der Waals surface area contributed by atoms with Crippen LogP contribution < -0.4 is 5.32 Å². The van der Waals surface area contributed by atoms with Gasteiger partial charge in [0.15, 0.2) is 6.10 Å². The Bertz CT molecular complexity index is 897. The van der Waals surface area contributed by atoms with Gasteiger partial charge in [-0.3, -0.25) is 14.9 Å². The van der Waals surface area contributed by atoms with Crippen molar-refractivity contribution >= 4 is 34.9 Å². The van der Waals surface area contributed by atoms with Crippen LogP contribution in [0.1, 0.15) is 21.5 Å². The minimum Gasteiger partial charge on any atom is -0.448 e. The highest BCUT2D eigenvalue weighted by Gasteiger charge is 2.32. The Morgan fingerprint density at radius 2 is 2.08 bits per heavy atom. The number of nitrogens with zero attached hydrogens (tertiary/aromatic N) is 1. The van der Waals surface area contributed by atoms with E-state index in [0.29, 0.717) is 21.7 Å². The maximum atomic E-state index is 12.4. The van der Waals surface area contributed by atoms with Crippen molar-refractivity contribution < 1.29 is 19.2 Å². The minimum absolute atomic E-state index is 0.0496. The normalized spacial score (nSPS) is 15.9. The lowest BCUT2D eigenvalue weighted by Crippen LogP contribution is -2.38. The van der Waals surface area contributed by atoms with Crippen molar-refractivity contribution in [3.05, 3.63) is 68.2 Å². The Morgan fingerprint density at radius 3 is 2.80 bits per heavy atom. The van der Waals surface area contributed by atoms with Gasteiger partial charge in [-0.15, -0.1) is 0 Å². The van der Waals surface area contributed by atoms with Gasteiger partial charge in [0.05, 0.1) is 10.5 Å². The Morgan fingerprint density at radius 1 is 1.32 bits per heavy atom. The molecule has 1 aliphatic heterocycles. The topological polar surface area (TPSA) is 98.5 Å². The van der Waals surface area contributed by atoms with Gasteiger partial charge < -0.3 is 10.1 Å². The van der Waals surface area contributed by atoms with Crippen LogP contribution in [-0.2, 0) is 16.0 Å². The highest BCUT2D eigenvalue weighted by molar-refractivity contribution is 6.30. The van der Waals surface area contributed by atoms with E-state index in [0.717, 1.165) is 0 Å². The summed E-state index contributed by atoms with van der Waals surface area (Å²) in [5.74, 6) is -1.26. The number of cyclic esters (lactones) is 1. The molecule has 0 saturated carbocycles. The lowest BCUT2D eigenvalue weighted by Gasteiger charge is -2.24. The molecule has 1 N–H and O–H groups in total. The van der Waals surface area contributed by atoms with Crippen molar-refractivity contribution in [3.63, 3.8) is 0 Å². The summed E-state index contributed by atoms with van der Waals surface area (Å²) in [5, 5.41) is 14.0. The molecule has 0 bridgehead atoms. The molecular weight excluding hydrogens is 348 g/mol. The average Bonchev–Trinajstić information content (AvgIpc) is 2.55. The van der Waals surface area contributed by atoms with Crippen LogP contribution in [0.15, 0.2) is 36.4 Å². The molecule has 0 fully saturated rings. The maximum Gasteiger partial charge on any atom is 0.339 e. The monoisotopic (exact) mass is 360 g/mol. The molecule has 0 aromatic heterocycles. The van der Waals surface area contributed by atoms with E-state index in [1.165, 1.54) is 12.1 Å². The molecule has 1 aliphatic rings. The number of anilines is 1. The van der Waals surface area contributed by atoms with Crippen LogP contribution in [0.5, 0.6) is 0 Å². The second kappa shape index (κ2) is 6.52. The van der Waals surface area contributed by atoms with Gasteiger partial charge in [-0.1, -0.05) is 17.7 Å². The summed E-state index contributed by atoms with van der Waals surface area (Å²) >= 11 is 5.92. The van der Waals surface area contributed by atoms with Gasteiger partial charge in [0.2, 0.25) is 0 Å². The number of aryl methyl sites for hydroxylation is 1. The highest BCUT2D eigenvalue weighted by Crippen LogP contribution is 2.28. The van der Waals surface area contributed by atoms with Crippen molar-refractivity contribution in [2.45, 2.75) is 19.4 Å². The third-order valence-corrected chi connectivity index (χ3v) is 4.08. The first-order valence-electron chi connectivity index (χ1n) is 7.40. The Kier molecular flexibility index (Phi) is 4.41. The molecule has 1 heterocycles. The number of ether oxygens (including phenoxy) is 1. The number of carbonyl (C=O) groups is 2. The van der Waals surface area contributed by atoms with E-state index in [9.17, 15) is 19.7 Å². The molecule has 128 valence electrons. The zero-order valence-electron chi connectivity index (χ0n) is 13.1. The summed E-state index contributed by atoms with van der Waals surface area (Å²) in [5.41, 5.74) is 1.47. The number of esters is 1. The van der Waals surface area contributed by atoms with Crippen molar-refractivity contribution in [1.29, 1.82) is 0 Å². The molecule has 25 heavy (non-hydrogen) atoms. The summed E-state index contributed by atoms with van der Waals surface area (Å²) < 4.78 is 5.15. The fraction of sp³-hybridized carbons (Fsp3) is 0.176. The predicted octanol–water partition coefficient (Wildman–Crippen LogP) is 3.28. The molecule has 7 nitrogen and oxygen atoms in total. The van der Waals surface area contributed by atoms with Crippen LogP contribution in [0.4, 0.5) is 11.4 Å². The van der Waals surface area contributed by atoms with E-state index in [4.69, 9.17) is 16.3 Å². The van der Waals surface area contributed by atoms with E-state index >= 15 is 0 Å². The van der Waals surface area contributed by atoms with Gasteiger partial charge in [-0.25, -0.2) is 4.79 Å². The Hall–Kier alpha value is -2.93. The molecular formula is C17H13ClN2O5. The van der Waals surface area contributed by atoms with Crippen molar-refractivity contribution in [1.82, 2.24) is 0 Å². The van der Waals surface area contributed by atoms with Gasteiger partial charge in [0.25, 0.3) is 11.6 Å². The first kappa shape index (κ1) is 16.9. The number of nitro benzene ring substituents is 1. The number of halogens is 1. The van der Waals surface area contributed by atoms with Crippen LogP contribution in [0.25, 0.3) is 0 Å². The van der Waals surface area contributed by atoms with Gasteiger partial charge >= 0.3 is 5.97 Å². The van der Waals surface area contributed by atoms with Gasteiger partial charge in [0.1, 0.15) is 5.69 Å². The van der Waals surface area contributed by atoms with E-state index in [-0.39, 0.29) is 17.8 Å². The molecule has 3 rings (SSSR count). The molecule has 0 radical (unpaired) electrons. The molecule has 1 unspecified atom stereocenters. The number of benzene rings is 2. The van der Waals surface area contributed by atoms with Crippen LogP contribution in [0.2, 0.25) is 5.02 Å². The van der Waals surface area contributed by atoms with Gasteiger partial charge in [-0.05, 0) is 42.3 Å². The fourth-order valence-corrected chi connectivity index (χ4v) is 2.82. The van der Waals surface area contributed by atoms with Crippen molar-refractivity contribution in [2.24, 2.45) is 0 Å². The SMILES string of the molecule is Cc1ccc(NC(=O)C2Cc3cc(Cl)ccc3C(=O)O2)c([N+](=O)[O-])c1. The quantitative estimate of drug-likeness (QED) is 0.514. The molecule has 1 atom stereocenters. The maximum absolute atomic E-state index is 12.4. The number of rotatable bonds is 3. The molecule has 1 amide bonds. The summed E-state index contributed by atoms with van der Waals surface area (Å²) in [4.78, 5) is 35.0. The number of nitrogens with one attached hydrogen (secondary N) is 1. The largest absolute Gasteiger partial charge is 0.448 e. The van der Waals surface area contributed by atoms with Crippen molar-refractivity contribution in [3.8, 4) is 0 Å². The lowest BCUT2D eigenvalue weighted by molar-refractivity contribution is -0.384. The second-order valence-corrected chi connectivity index (χ2v) is 6.10. The summed E-state index contributed by atoms with van der Waals surface area (Å²) in [6.07, 6.45) is -0.938. The first-order valence-corrected chi connectivity index (χ1v) is 7.78. The second-order valence-electron chi connectivity index (χ2n) is 5.67. The third-order valence-electron chi connectivity index (χ3n) is 3.84. The Balaban J connectivity index is 1.83. The Labute approximate surface area is 147 Å². The number of carbonyl (C=O) groups excluding carboxylic acids is 2. The van der Waals surface area contributed by atoms with Crippen LogP contribution in [0.3, 0.4) is 0 Å². The number of nitro groups is 1. The van der Waals surface area contributed by atoms with E-state index in [1.807, 2.05) is 0 Å². The van der Waals surface area contributed by atoms with Gasteiger partial charge in [-0.2, -0.15) is 0 Å².